The number of rotatable bonds is 10. The minimum Gasteiger partial charge on any atom is -0.467 e. The largest absolute Gasteiger partial charge is 0.467 e. The summed E-state index contributed by atoms with van der Waals surface area (Å²) in [6.45, 7) is 2.41. The molecular formula is C16H22N4O3S2. The lowest BCUT2D eigenvalue weighted by atomic mass is 10.2. The molecule has 0 aromatic carbocycles. The van der Waals surface area contributed by atoms with Crippen LogP contribution in [0.15, 0.2) is 27.8 Å². The van der Waals surface area contributed by atoms with Crippen molar-refractivity contribution in [1.29, 1.82) is 0 Å². The summed E-state index contributed by atoms with van der Waals surface area (Å²) in [6, 6.07) is 3.06. The van der Waals surface area contributed by atoms with Crippen LogP contribution < -0.4 is 16.4 Å². The minimum atomic E-state index is -0.592. The Bertz CT molecular complexity index is 686. The van der Waals surface area contributed by atoms with Gasteiger partial charge in [-0.25, -0.2) is 4.79 Å². The van der Waals surface area contributed by atoms with E-state index in [1.54, 1.807) is 12.1 Å². The van der Waals surface area contributed by atoms with Crippen LogP contribution in [0.25, 0.3) is 0 Å². The number of aromatic nitrogens is 1. The van der Waals surface area contributed by atoms with E-state index < -0.39 is 11.9 Å². The molecule has 0 unspecified atom stereocenters. The summed E-state index contributed by atoms with van der Waals surface area (Å²) in [4.78, 5) is 23.7. The summed E-state index contributed by atoms with van der Waals surface area (Å²) in [6.07, 6.45) is 6.12. The molecule has 0 fully saturated rings. The van der Waals surface area contributed by atoms with Gasteiger partial charge in [0.05, 0.1) is 12.8 Å². The molecular weight excluding hydrogens is 360 g/mol. The zero-order valence-electron chi connectivity index (χ0n) is 14.0. The Morgan fingerprint density at radius 1 is 1.36 bits per heavy atom. The van der Waals surface area contributed by atoms with Crippen molar-refractivity contribution in [3.05, 3.63) is 29.7 Å². The third kappa shape index (κ3) is 6.09. The number of urea groups is 1. The molecule has 9 heteroatoms. The lowest BCUT2D eigenvalue weighted by Gasteiger charge is -2.06. The van der Waals surface area contributed by atoms with Crippen LogP contribution in [0.4, 0.5) is 9.80 Å². The van der Waals surface area contributed by atoms with Gasteiger partial charge in [0.25, 0.3) is 5.91 Å². The average molecular weight is 383 g/mol. The fourth-order valence-electron chi connectivity index (χ4n) is 2.10. The summed E-state index contributed by atoms with van der Waals surface area (Å²) >= 11 is 2.55. The third-order valence-corrected chi connectivity index (χ3v) is 5.31. The standard InChI is InChI=1S/C16H22N4O3S2/c1-2-3-4-5-9-24-15-12(13(17)21)14(25-20-15)19-16(22)18-10-11-7-6-8-23-11/h6-8H,2-5,9-10H2,1H3,(H2,17,21)(H2,18,19,22). The normalized spacial score (nSPS) is 10.6. The molecule has 0 spiro atoms. The van der Waals surface area contributed by atoms with E-state index in [4.69, 9.17) is 10.2 Å². The maximum absolute atomic E-state index is 12.0. The number of nitrogens with zero attached hydrogens (tertiary/aromatic N) is 1. The van der Waals surface area contributed by atoms with Gasteiger partial charge in [0, 0.05) is 0 Å². The van der Waals surface area contributed by atoms with Gasteiger partial charge in [0.1, 0.15) is 21.4 Å². The molecule has 2 heterocycles. The predicted molar refractivity (Wildman–Crippen MR) is 100 cm³/mol. The Hall–Kier alpha value is -2.00. The number of nitrogens with one attached hydrogen (secondary N) is 2. The summed E-state index contributed by atoms with van der Waals surface area (Å²) in [5.74, 6) is 0.915. The highest BCUT2D eigenvalue weighted by Crippen LogP contribution is 2.32. The van der Waals surface area contributed by atoms with Gasteiger partial charge in [-0.3, -0.25) is 10.1 Å². The van der Waals surface area contributed by atoms with Gasteiger partial charge in [-0.2, -0.15) is 4.37 Å². The van der Waals surface area contributed by atoms with Gasteiger partial charge in [-0.15, -0.1) is 11.8 Å². The highest BCUT2D eigenvalue weighted by atomic mass is 32.2. The average Bonchev–Trinajstić information content (AvgIpc) is 3.22. The van der Waals surface area contributed by atoms with Gasteiger partial charge in [-0.1, -0.05) is 26.2 Å². The molecule has 2 rings (SSSR count). The maximum Gasteiger partial charge on any atom is 0.320 e. The lowest BCUT2D eigenvalue weighted by molar-refractivity contribution is 0.0998. The summed E-state index contributed by atoms with van der Waals surface area (Å²) in [5.41, 5.74) is 5.74. The van der Waals surface area contributed by atoms with Crippen LogP contribution in [-0.4, -0.2) is 22.1 Å². The molecule has 0 radical (unpaired) electrons. The molecule has 0 aliphatic carbocycles. The van der Waals surface area contributed by atoms with Crippen LogP contribution in [0.1, 0.15) is 48.7 Å². The Kier molecular flexibility index (Phi) is 7.80. The van der Waals surface area contributed by atoms with E-state index in [2.05, 4.69) is 21.9 Å². The van der Waals surface area contributed by atoms with Crippen molar-refractivity contribution in [3.63, 3.8) is 0 Å². The van der Waals surface area contributed by atoms with Crippen molar-refractivity contribution in [2.75, 3.05) is 11.1 Å². The molecule has 0 saturated heterocycles. The van der Waals surface area contributed by atoms with Crippen molar-refractivity contribution < 1.29 is 14.0 Å². The first-order valence-electron chi connectivity index (χ1n) is 8.11. The van der Waals surface area contributed by atoms with E-state index in [1.807, 2.05) is 0 Å². The number of hydrogen-bond acceptors (Lipinski definition) is 6. The Morgan fingerprint density at radius 2 is 2.20 bits per heavy atom. The maximum atomic E-state index is 12.0. The van der Waals surface area contributed by atoms with Crippen LogP contribution in [-0.2, 0) is 6.54 Å². The van der Waals surface area contributed by atoms with Crippen LogP contribution in [0.5, 0.6) is 0 Å². The van der Waals surface area contributed by atoms with Crippen molar-refractivity contribution in [2.45, 2.75) is 44.2 Å². The quantitative estimate of drug-likeness (QED) is 0.427. The smallest absolute Gasteiger partial charge is 0.320 e. The van der Waals surface area contributed by atoms with Crippen LogP contribution in [0.3, 0.4) is 0 Å². The summed E-state index contributed by atoms with van der Waals surface area (Å²) in [7, 11) is 0. The fourth-order valence-corrected chi connectivity index (χ4v) is 4.07. The molecule has 0 bridgehead atoms. The van der Waals surface area contributed by atoms with Crippen molar-refractivity contribution >= 4 is 40.2 Å². The molecule has 2 aromatic rings. The third-order valence-electron chi connectivity index (χ3n) is 3.37. The van der Waals surface area contributed by atoms with Gasteiger partial charge in [-0.05, 0) is 35.8 Å². The van der Waals surface area contributed by atoms with Gasteiger partial charge >= 0.3 is 6.03 Å². The number of hydrogen-bond donors (Lipinski definition) is 3. The second-order valence-electron chi connectivity index (χ2n) is 5.35. The van der Waals surface area contributed by atoms with Crippen molar-refractivity contribution in [1.82, 2.24) is 9.69 Å². The highest BCUT2D eigenvalue weighted by Gasteiger charge is 2.20. The van der Waals surface area contributed by atoms with E-state index in [-0.39, 0.29) is 12.1 Å². The minimum absolute atomic E-state index is 0.253. The zero-order valence-corrected chi connectivity index (χ0v) is 15.7. The molecule has 7 nitrogen and oxygen atoms in total. The molecule has 0 aliphatic heterocycles. The second kappa shape index (κ2) is 10.1. The Balaban J connectivity index is 1.90. The fraction of sp³-hybridized carbons (Fsp3) is 0.438. The van der Waals surface area contributed by atoms with Crippen molar-refractivity contribution in [3.8, 4) is 0 Å². The van der Waals surface area contributed by atoms with E-state index >= 15 is 0 Å². The summed E-state index contributed by atoms with van der Waals surface area (Å²) < 4.78 is 9.40. The van der Waals surface area contributed by atoms with Crippen LogP contribution in [0.2, 0.25) is 0 Å². The van der Waals surface area contributed by atoms with E-state index in [0.29, 0.717) is 15.8 Å². The number of thioether (sulfide) groups is 1. The molecule has 2 aromatic heterocycles. The highest BCUT2D eigenvalue weighted by molar-refractivity contribution is 7.99. The predicted octanol–water partition coefficient (Wildman–Crippen LogP) is 3.83. The first kappa shape index (κ1) is 19.3. The van der Waals surface area contributed by atoms with Gasteiger partial charge in [0.2, 0.25) is 0 Å². The number of anilines is 1. The second-order valence-corrected chi connectivity index (χ2v) is 7.21. The van der Waals surface area contributed by atoms with E-state index in [0.717, 1.165) is 30.1 Å². The Morgan fingerprint density at radius 3 is 2.88 bits per heavy atom. The zero-order chi connectivity index (χ0) is 18.1. The van der Waals surface area contributed by atoms with Crippen LogP contribution >= 0.6 is 23.3 Å². The molecule has 0 aliphatic rings. The summed E-state index contributed by atoms with van der Waals surface area (Å²) in [5, 5.41) is 6.23. The first-order valence-corrected chi connectivity index (χ1v) is 9.87. The number of amides is 3. The lowest BCUT2D eigenvalue weighted by Crippen LogP contribution is -2.28. The first-order chi connectivity index (χ1) is 12.1. The number of unbranched alkanes of at least 4 members (excludes halogenated alkanes) is 3. The number of primary amides is 1. The number of carbonyl (C=O) groups is 2. The number of nitrogens with two attached hydrogens (primary N) is 1. The molecule has 4 N–H and O–H groups in total. The van der Waals surface area contributed by atoms with Gasteiger partial charge in [0.15, 0.2) is 0 Å². The van der Waals surface area contributed by atoms with Crippen molar-refractivity contribution in [2.24, 2.45) is 5.73 Å². The SMILES string of the molecule is CCCCCCSc1nsc(NC(=O)NCc2ccco2)c1C(N)=O. The molecule has 25 heavy (non-hydrogen) atoms. The molecule has 0 atom stereocenters. The van der Waals surface area contributed by atoms with Gasteiger partial charge < -0.3 is 15.5 Å². The van der Waals surface area contributed by atoms with E-state index in [1.165, 1.54) is 30.9 Å². The topological polar surface area (TPSA) is 110 Å². The number of furan rings is 1. The Labute approximate surface area is 154 Å². The van der Waals surface area contributed by atoms with E-state index in [9.17, 15) is 9.59 Å². The van der Waals surface area contributed by atoms with Crippen LogP contribution in [0, 0.1) is 0 Å². The molecule has 136 valence electrons. The molecule has 0 saturated carbocycles. The number of carbonyl (C=O) groups excluding carboxylic acids is 2. The monoisotopic (exact) mass is 382 g/mol. The molecule has 3 amide bonds.